The van der Waals surface area contributed by atoms with Crippen LogP contribution in [-0.2, 0) is 12.8 Å². The van der Waals surface area contributed by atoms with E-state index in [-0.39, 0.29) is 0 Å². The largest absolute Gasteiger partial charge is 0.496 e. The van der Waals surface area contributed by atoms with E-state index in [2.05, 4.69) is 24.0 Å². The Kier molecular flexibility index (Phi) is 3.87. The third kappa shape index (κ3) is 2.64. The third-order valence-electron chi connectivity index (χ3n) is 3.01. The summed E-state index contributed by atoms with van der Waals surface area (Å²) in [6.07, 6.45) is 1.86. The molecule has 0 aliphatic carbocycles. The lowest BCUT2D eigenvalue weighted by molar-refractivity contribution is 0.410. The standard InChI is InChI=1S/C14H18N2OS/c1-4-10-5-6-12(17-3)11(7-10)8-13-9(2)16-14(15)18-13/h5-7H,4,8H2,1-3H3,(H2,15,16). The van der Waals surface area contributed by atoms with E-state index in [9.17, 15) is 0 Å². The molecule has 0 amide bonds. The maximum Gasteiger partial charge on any atom is 0.180 e. The summed E-state index contributed by atoms with van der Waals surface area (Å²) in [4.78, 5) is 5.47. The fraction of sp³-hybridized carbons (Fsp3) is 0.357. The number of thiazole rings is 1. The van der Waals surface area contributed by atoms with Crippen LogP contribution in [0.1, 0.15) is 28.6 Å². The van der Waals surface area contributed by atoms with E-state index in [1.807, 2.05) is 13.0 Å². The van der Waals surface area contributed by atoms with Crippen LogP contribution in [0.2, 0.25) is 0 Å². The highest BCUT2D eigenvalue weighted by atomic mass is 32.1. The molecule has 2 rings (SSSR count). The number of nitrogens with two attached hydrogens (primary N) is 1. The summed E-state index contributed by atoms with van der Waals surface area (Å²) >= 11 is 1.55. The van der Waals surface area contributed by atoms with E-state index in [4.69, 9.17) is 10.5 Å². The molecule has 0 spiro atoms. The molecule has 2 aromatic rings. The van der Waals surface area contributed by atoms with Gasteiger partial charge in [0.2, 0.25) is 0 Å². The lowest BCUT2D eigenvalue weighted by Gasteiger charge is -2.09. The van der Waals surface area contributed by atoms with Crippen molar-refractivity contribution in [2.75, 3.05) is 12.8 Å². The molecule has 3 nitrogen and oxygen atoms in total. The molecule has 1 heterocycles. The van der Waals surface area contributed by atoms with E-state index < -0.39 is 0 Å². The van der Waals surface area contributed by atoms with Crippen LogP contribution in [-0.4, -0.2) is 12.1 Å². The third-order valence-corrected chi connectivity index (χ3v) is 4.00. The molecule has 0 saturated heterocycles. The Balaban J connectivity index is 2.35. The number of nitrogen functional groups attached to an aromatic ring is 1. The zero-order valence-corrected chi connectivity index (χ0v) is 11.8. The Morgan fingerprint density at radius 3 is 2.72 bits per heavy atom. The maximum absolute atomic E-state index is 5.74. The molecule has 0 bridgehead atoms. The van der Waals surface area contributed by atoms with Gasteiger partial charge in [-0.3, -0.25) is 0 Å². The van der Waals surface area contributed by atoms with Gasteiger partial charge in [-0.2, -0.15) is 0 Å². The van der Waals surface area contributed by atoms with Gasteiger partial charge in [0, 0.05) is 11.3 Å². The normalized spacial score (nSPS) is 10.6. The topological polar surface area (TPSA) is 48.1 Å². The van der Waals surface area contributed by atoms with Crippen LogP contribution in [0.5, 0.6) is 5.75 Å². The molecule has 0 saturated carbocycles. The number of hydrogen-bond donors (Lipinski definition) is 1. The van der Waals surface area contributed by atoms with Gasteiger partial charge in [0.25, 0.3) is 0 Å². The Bertz CT molecular complexity index is 549. The first kappa shape index (κ1) is 12.9. The number of aryl methyl sites for hydroxylation is 2. The first-order valence-corrected chi connectivity index (χ1v) is 6.83. The number of hydrogen-bond acceptors (Lipinski definition) is 4. The average molecular weight is 262 g/mol. The Labute approximate surface area is 112 Å². The molecule has 4 heteroatoms. The summed E-state index contributed by atoms with van der Waals surface area (Å²) in [6.45, 7) is 4.15. The fourth-order valence-corrected chi connectivity index (χ4v) is 2.83. The van der Waals surface area contributed by atoms with Gasteiger partial charge in [0.05, 0.1) is 12.8 Å². The number of aromatic nitrogens is 1. The molecule has 2 N–H and O–H groups in total. The van der Waals surface area contributed by atoms with E-state index in [1.54, 1.807) is 18.4 Å². The van der Waals surface area contributed by atoms with Crippen LogP contribution < -0.4 is 10.5 Å². The molecular formula is C14H18N2OS. The minimum atomic E-state index is 0.633. The van der Waals surface area contributed by atoms with Crippen LogP contribution >= 0.6 is 11.3 Å². The number of methoxy groups -OCH3 is 1. The van der Waals surface area contributed by atoms with Gasteiger partial charge >= 0.3 is 0 Å². The highest BCUT2D eigenvalue weighted by Gasteiger charge is 2.10. The Hall–Kier alpha value is -1.55. The van der Waals surface area contributed by atoms with Crippen molar-refractivity contribution in [2.45, 2.75) is 26.7 Å². The second-order valence-corrected chi connectivity index (χ2v) is 5.35. The lowest BCUT2D eigenvalue weighted by atomic mass is 10.0. The summed E-state index contributed by atoms with van der Waals surface area (Å²) in [7, 11) is 1.71. The monoisotopic (exact) mass is 262 g/mol. The highest BCUT2D eigenvalue weighted by molar-refractivity contribution is 7.15. The first-order chi connectivity index (χ1) is 8.63. The molecule has 0 aliphatic heterocycles. The smallest absolute Gasteiger partial charge is 0.180 e. The molecule has 18 heavy (non-hydrogen) atoms. The van der Waals surface area contributed by atoms with E-state index in [0.29, 0.717) is 5.13 Å². The molecule has 0 radical (unpaired) electrons. The van der Waals surface area contributed by atoms with Crippen molar-refractivity contribution in [3.8, 4) is 5.75 Å². The number of ether oxygens (including phenoxy) is 1. The zero-order valence-electron chi connectivity index (χ0n) is 11.0. The summed E-state index contributed by atoms with van der Waals surface area (Å²) < 4.78 is 5.42. The van der Waals surface area contributed by atoms with E-state index in [0.717, 1.165) is 24.3 Å². The quantitative estimate of drug-likeness (QED) is 0.920. The predicted octanol–water partition coefficient (Wildman–Crippen LogP) is 3.20. The van der Waals surface area contributed by atoms with Crippen LogP contribution in [0.3, 0.4) is 0 Å². The molecule has 96 valence electrons. The minimum Gasteiger partial charge on any atom is -0.496 e. The second kappa shape index (κ2) is 5.40. The van der Waals surface area contributed by atoms with Crippen LogP contribution in [0.4, 0.5) is 5.13 Å². The van der Waals surface area contributed by atoms with Crippen molar-refractivity contribution in [1.29, 1.82) is 0 Å². The molecule has 0 atom stereocenters. The van der Waals surface area contributed by atoms with Crippen molar-refractivity contribution in [3.63, 3.8) is 0 Å². The van der Waals surface area contributed by atoms with Crippen molar-refractivity contribution in [2.24, 2.45) is 0 Å². The van der Waals surface area contributed by atoms with Gasteiger partial charge in [-0.25, -0.2) is 4.98 Å². The van der Waals surface area contributed by atoms with Crippen LogP contribution in [0.25, 0.3) is 0 Å². The SMILES string of the molecule is CCc1ccc(OC)c(Cc2sc(N)nc2C)c1. The summed E-state index contributed by atoms with van der Waals surface area (Å²) in [5, 5.41) is 0.633. The fourth-order valence-electron chi connectivity index (χ4n) is 1.98. The zero-order chi connectivity index (χ0) is 13.1. The van der Waals surface area contributed by atoms with Crippen LogP contribution in [0, 0.1) is 6.92 Å². The number of benzene rings is 1. The van der Waals surface area contributed by atoms with Gasteiger partial charge < -0.3 is 10.5 Å². The van der Waals surface area contributed by atoms with E-state index in [1.165, 1.54) is 16.0 Å². The minimum absolute atomic E-state index is 0.633. The van der Waals surface area contributed by atoms with Crippen molar-refractivity contribution in [1.82, 2.24) is 4.98 Å². The van der Waals surface area contributed by atoms with Crippen molar-refractivity contribution in [3.05, 3.63) is 39.9 Å². The van der Waals surface area contributed by atoms with Gasteiger partial charge in [-0.05, 0) is 30.5 Å². The van der Waals surface area contributed by atoms with Gasteiger partial charge in [-0.15, -0.1) is 11.3 Å². The Morgan fingerprint density at radius 1 is 1.39 bits per heavy atom. The van der Waals surface area contributed by atoms with E-state index >= 15 is 0 Å². The summed E-state index contributed by atoms with van der Waals surface area (Å²) in [6, 6.07) is 6.35. The number of rotatable bonds is 4. The van der Waals surface area contributed by atoms with Crippen LogP contribution in [0.15, 0.2) is 18.2 Å². The predicted molar refractivity (Wildman–Crippen MR) is 76.4 cm³/mol. The summed E-state index contributed by atoms with van der Waals surface area (Å²) in [5.74, 6) is 0.929. The molecular weight excluding hydrogens is 244 g/mol. The van der Waals surface area contributed by atoms with Crippen molar-refractivity contribution >= 4 is 16.5 Å². The molecule has 0 unspecified atom stereocenters. The van der Waals surface area contributed by atoms with Gasteiger partial charge in [-0.1, -0.05) is 19.1 Å². The molecule has 1 aromatic heterocycles. The second-order valence-electron chi connectivity index (χ2n) is 4.24. The molecule has 0 aliphatic rings. The number of anilines is 1. The number of nitrogens with zero attached hydrogens (tertiary/aromatic N) is 1. The maximum atomic E-state index is 5.74. The molecule has 0 fully saturated rings. The van der Waals surface area contributed by atoms with Gasteiger partial charge in [0.15, 0.2) is 5.13 Å². The highest BCUT2D eigenvalue weighted by Crippen LogP contribution is 2.28. The first-order valence-electron chi connectivity index (χ1n) is 6.01. The lowest BCUT2D eigenvalue weighted by Crippen LogP contribution is -1.95. The van der Waals surface area contributed by atoms with Gasteiger partial charge in [0.1, 0.15) is 5.75 Å². The average Bonchev–Trinajstić information content (AvgIpc) is 2.67. The molecule has 1 aromatic carbocycles. The Morgan fingerprint density at radius 2 is 2.17 bits per heavy atom. The van der Waals surface area contributed by atoms with Crippen molar-refractivity contribution < 1.29 is 4.74 Å². The summed E-state index contributed by atoms with van der Waals surface area (Å²) in [5.41, 5.74) is 9.27.